The topological polar surface area (TPSA) is 55.4 Å². The summed E-state index contributed by atoms with van der Waals surface area (Å²) >= 11 is 12.0. The Morgan fingerprint density at radius 2 is 1.84 bits per heavy atom. The lowest BCUT2D eigenvalue weighted by atomic mass is 10.1. The molecule has 1 N–H and O–H groups in total. The van der Waals surface area contributed by atoms with Gasteiger partial charge in [-0.2, -0.15) is 0 Å². The average molecular weight is 384 g/mol. The highest BCUT2D eigenvalue weighted by atomic mass is 35.5. The van der Waals surface area contributed by atoms with Crippen LogP contribution in [0.2, 0.25) is 10.0 Å². The van der Waals surface area contributed by atoms with Crippen molar-refractivity contribution in [3.05, 3.63) is 69.5 Å². The molecule has 0 aliphatic heterocycles. The minimum Gasteiger partial charge on any atom is -0.449 e. The quantitative estimate of drug-likeness (QED) is 0.770. The van der Waals surface area contributed by atoms with Crippen LogP contribution in [0.3, 0.4) is 0 Å². The van der Waals surface area contributed by atoms with Gasteiger partial charge in [-0.25, -0.2) is 9.18 Å². The van der Waals surface area contributed by atoms with Gasteiger partial charge in [0, 0.05) is 10.0 Å². The summed E-state index contributed by atoms with van der Waals surface area (Å²) in [4.78, 5) is 24.2. The van der Waals surface area contributed by atoms with E-state index in [1.165, 1.54) is 25.1 Å². The number of amides is 1. The molecule has 0 saturated carbocycles. The fraction of sp³-hybridized carbons (Fsp3) is 0.222. The molecule has 0 spiro atoms. The number of esters is 1. The maximum Gasteiger partial charge on any atom is 0.339 e. The highest BCUT2D eigenvalue weighted by molar-refractivity contribution is 6.35. The Labute approximate surface area is 154 Å². The molecule has 0 saturated heterocycles. The monoisotopic (exact) mass is 383 g/mol. The van der Waals surface area contributed by atoms with E-state index < -0.39 is 29.8 Å². The van der Waals surface area contributed by atoms with Crippen LogP contribution >= 0.6 is 23.2 Å². The van der Waals surface area contributed by atoms with E-state index in [0.29, 0.717) is 15.6 Å². The number of ether oxygens (including phenoxy) is 1. The SMILES string of the molecule is C[C@H](NC(=O)[C@@H](C)OC(=O)c1cccc(F)c1)c1ccc(Cl)cc1Cl. The fourth-order valence-corrected chi connectivity index (χ4v) is 2.73. The Morgan fingerprint density at radius 3 is 2.48 bits per heavy atom. The van der Waals surface area contributed by atoms with Crippen LogP contribution in [0.5, 0.6) is 0 Å². The summed E-state index contributed by atoms with van der Waals surface area (Å²) in [6.07, 6.45) is -1.05. The third-order valence-electron chi connectivity index (χ3n) is 3.50. The second kappa shape index (κ2) is 8.32. The van der Waals surface area contributed by atoms with Gasteiger partial charge in [0.2, 0.25) is 0 Å². The summed E-state index contributed by atoms with van der Waals surface area (Å²) in [7, 11) is 0. The number of hydrogen-bond donors (Lipinski definition) is 1. The molecule has 2 aromatic rings. The predicted octanol–water partition coefficient (Wildman–Crippen LogP) is 4.56. The van der Waals surface area contributed by atoms with E-state index in [1.54, 1.807) is 25.1 Å². The number of benzene rings is 2. The third-order valence-corrected chi connectivity index (χ3v) is 4.06. The fourth-order valence-electron chi connectivity index (χ4n) is 2.16. The minimum absolute atomic E-state index is 0.0356. The Balaban J connectivity index is 1.98. The van der Waals surface area contributed by atoms with E-state index in [1.807, 2.05) is 0 Å². The van der Waals surface area contributed by atoms with Crippen LogP contribution in [0.25, 0.3) is 0 Å². The van der Waals surface area contributed by atoms with Crippen LogP contribution < -0.4 is 5.32 Å². The van der Waals surface area contributed by atoms with E-state index in [9.17, 15) is 14.0 Å². The highest BCUT2D eigenvalue weighted by Gasteiger charge is 2.22. The van der Waals surface area contributed by atoms with Crippen molar-refractivity contribution in [2.24, 2.45) is 0 Å². The summed E-state index contributed by atoms with van der Waals surface area (Å²) in [5, 5.41) is 3.62. The first-order chi connectivity index (χ1) is 11.8. The molecule has 0 aliphatic rings. The van der Waals surface area contributed by atoms with E-state index in [2.05, 4.69) is 5.32 Å². The van der Waals surface area contributed by atoms with E-state index in [-0.39, 0.29) is 5.56 Å². The number of carbonyl (C=O) groups excluding carboxylic acids is 2. The molecule has 4 nitrogen and oxygen atoms in total. The molecule has 0 heterocycles. The van der Waals surface area contributed by atoms with Crippen LogP contribution in [0.15, 0.2) is 42.5 Å². The maximum atomic E-state index is 13.1. The summed E-state index contributed by atoms with van der Waals surface area (Å²) in [5.74, 6) is -1.83. The molecule has 7 heteroatoms. The molecule has 0 unspecified atom stereocenters. The van der Waals surface area contributed by atoms with Crippen LogP contribution in [0.1, 0.15) is 35.8 Å². The van der Waals surface area contributed by atoms with Gasteiger partial charge >= 0.3 is 5.97 Å². The molecule has 2 aromatic carbocycles. The van der Waals surface area contributed by atoms with Crippen molar-refractivity contribution >= 4 is 35.1 Å². The van der Waals surface area contributed by atoms with Crippen LogP contribution in [0.4, 0.5) is 4.39 Å². The standard InChI is InChI=1S/C18H16Cl2FNO3/c1-10(15-7-6-13(19)9-16(15)20)22-17(23)11(2)25-18(24)12-4-3-5-14(21)8-12/h3-11H,1-2H3,(H,22,23)/t10-,11+/m0/s1. The molecule has 0 fully saturated rings. The Kier molecular flexibility index (Phi) is 6.39. The lowest BCUT2D eigenvalue weighted by Crippen LogP contribution is -2.37. The van der Waals surface area contributed by atoms with Crippen molar-refractivity contribution in [2.75, 3.05) is 0 Å². The predicted molar refractivity (Wildman–Crippen MR) is 94.3 cm³/mol. The second-order valence-corrected chi connectivity index (χ2v) is 6.30. The molecule has 0 aromatic heterocycles. The van der Waals surface area contributed by atoms with Crippen molar-refractivity contribution in [2.45, 2.75) is 26.0 Å². The molecule has 132 valence electrons. The Morgan fingerprint density at radius 1 is 1.12 bits per heavy atom. The van der Waals surface area contributed by atoms with Gasteiger partial charge in [0.1, 0.15) is 5.82 Å². The van der Waals surface area contributed by atoms with Crippen LogP contribution in [-0.2, 0) is 9.53 Å². The number of nitrogens with one attached hydrogen (secondary N) is 1. The van der Waals surface area contributed by atoms with Gasteiger partial charge in [0.05, 0.1) is 11.6 Å². The van der Waals surface area contributed by atoms with E-state index in [0.717, 1.165) is 6.07 Å². The summed E-state index contributed by atoms with van der Waals surface area (Å²) in [6, 6.07) is 9.60. The molecule has 2 atom stereocenters. The number of halogens is 3. The van der Waals surface area contributed by atoms with Gasteiger partial charge in [-0.15, -0.1) is 0 Å². The average Bonchev–Trinajstić information content (AvgIpc) is 2.54. The lowest BCUT2D eigenvalue weighted by Gasteiger charge is -2.19. The first-order valence-corrected chi connectivity index (χ1v) is 8.25. The normalized spacial score (nSPS) is 13.0. The maximum absolute atomic E-state index is 13.1. The zero-order valence-electron chi connectivity index (χ0n) is 13.6. The van der Waals surface area contributed by atoms with E-state index in [4.69, 9.17) is 27.9 Å². The molecule has 25 heavy (non-hydrogen) atoms. The molecule has 1 amide bonds. The first kappa shape index (κ1) is 19.2. The second-order valence-electron chi connectivity index (χ2n) is 5.45. The van der Waals surface area contributed by atoms with Gasteiger partial charge in [0.15, 0.2) is 6.10 Å². The molecule has 0 aliphatic carbocycles. The van der Waals surface area contributed by atoms with Crippen molar-refractivity contribution in [3.8, 4) is 0 Å². The first-order valence-electron chi connectivity index (χ1n) is 7.50. The van der Waals surface area contributed by atoms with Gasteiger partial charge in [-0.05, 0) is 49.7 Å². The minimum atomic E-state index is -1.05. The molecule has 2 rings (SSSR count). The lowest BCUT2D eigenvalue weighted by molar-refractivity contribution is -0.129. The van der Waals surface area contributed by atoms with Gasteiger partial charge in [-0.3, -0.25) is 4.79 Å². The van der Waals surface area contributed by atoms with Gasteiger partial charge in [-0.1, -0.05) is 35.3 Å². The van der Waals surface area contributed by atoms with Crippen molar-refractivity contribution in [3.63, 3.8) is 0 Å². The van der Waals surface area contributed by atoms with Crippen molar-refractivity contribution < 1.29 is 18.7 Å². The zero-order chi connectivity index (χ0) is 18.6. The molecular weight excluding hydrogens is 368 g/mol. The largest absolute Gasteiger partial charge is 0.449 e. The molecule has 0 bridgehead atoms. The van der Waals surface area contributed by atoms with Crippen molar-refractivity contribution in [1.29, 1.82) is 0 Å². The summed E-state index contributed by atoms with van der Waals surface area (Å²) in [6.45, 7) is 3.18. The molecular formula is C18H16Cl2FNO3. The Hall–Kier alpha value is -2.11. The zero-order valence-corrected chi connectivity index (χ0v) is 15.1. The van der Waals surface area contributed by atoms with Gasteiger partial charge < -0.3 is 10.1 Å². The highest BCUT2D eigenvalue weighted by Crippen LogP contribution is 2.26. The van der Waals surface area contributed by atoms with Crippen LogP contribution in [-0.4, -0.2) is 18.0 Å². The number of carbonyl (C=O) groups is 2. The van der Waals surface area contributed by atoms with Crippen LogP contribution in [0, 0.1) is 5.82 Å². The van der Waals surface area contributed by atoms with E-state index >= 15 is 0 Å². The summed E-state index contributed by atoms with van der Waals surface area (Å²) < 4.78 is 18.2. The number of hydrogen-bond acceptors (Lipinski definition) is 3. The Bertz CT molecular complexity index is 798. The summed E-state index contributed by atoms with van der Waals surface area (Å²) in [5.41, 5.74) is 0.719. The van der Waals surface area contributed by atoms with Gasteiger partial charge in [0.25, 0.3) is 5.91 Å². The molecule has 0 radical (unpaired) electrons. The third kappa shape index (κ3) is 5.18. The number of rotatable bonds is 5. The van der Waals surface area contributed by atoms with Crippen molar-refractivity contribution in [1.82, 2.24) is 5.32 Å². The smallest absolute Gasteiger partial charge is 0.339 e.